The van der Waals surface area contributed by atoms with E-state index in [0.29, 0.717) is 29.8 Å². The highest BCUT2D eigenvalue weighted by molar-refractivity contribution is 5.98. The maximum atomic E-state index is 14.0. The van der Waals surface area contributed by atoms with Crippen molar-refractivity contribution in [2.24, 2.45) is 0 Å². The molecule has 9 nitrogen and oxygen atoms in total. The number of aliphatic hydroxyl groups is 1. The zero-order valence-electron chi connectivity index (χ0n) is 22.9. The van der Waals surface area contributed by atoms with Crippen LogP contribution in [0, 0.1) is 25.5 Å². The molecule has 1 aliphatic heterocycles. The van der Waals surface area contributed by atoms with Crippen LogP contribution in [0.25, 0.3) is 0 Å². The van der Waals surface area contributed by atoms with Crippen molar-refractivity contribution in [3.8, 4) is 11.5 Å². The van der Waals surface area contributed by atoms with Crippen molar-refractivity contribution < 1.29 is 28.2 Å². The molecule has 3 aromatic rings. The summed E-state index contributed by atoms with van der Waals surface area (Å²) < 4.78 is 33.7. The van der Waals surface area contributed by atoms with E-state index in [-0.39, 0.29) is 16.9 Å². The minimum absolute atomic E-state index is 0.0618. The van der Waals surface area contributed by atoms with Crippen molar-refractivity contribution in [1.82, 2.24) is 20.4 Å². The molecular weight excluding hydrogens is 522 g/mol. The van der Waals surface area contributed by atoms with Gasteiger partial charge in [0.1, 0.15) is 23.4 Å². The lowest BCUT2D eigenvalue weighted by atomic mass is 9.96. The highest BCUT2D eigenvalue weighted by Crippen LogP contribution is 2.41. The molecule has 1 unspecified atom stereocenters. The standard InChI is InChI=1S/C29H32F2N4O5/c1-15-10-18(6-8-23(15)40-24-11-16(2)33-34-27(24)37)26(36)32-17(3)28(38)35-22(7-9-25(35)29(4,5)39)19-12-20(30)14-21(31)13-19/h6,8,10-14,17,22,25,39H,7,9H2,1-5H3,(H,32,36)(H,34,37)/t17?,22-,25+/m0/s1. The first-order valence-electron chi connectivity index (χ1n) is 12.9. The minimum Gasteiger partial charge on any atom is -0.451 e. The number of hydrogen-bond acceptors (Lipinski definition) is 6. The minimum atomic E-state index is -1.29. The molecule has 212 valence electrons. The second-order valence-electron chi connectivity index (χ2n) is 10.7. The van der Waals surface area contributed by atoms with Crippen LogP contribution in [0.1, 0.15) is 66.8 Å². The molecule has 11 heteroatoms. The van der Waals surface area contributed by atoms with Gasteiger partial charge in [-0.3, -0.25) is 14.4 Å². The Morgan fingerprint density at radius 3 is 2.40 bits per heavy atom. The molecule has 0 radical (unpaired) electrons. The van der Waals surface area contributed by atoms with Crippen LogP contribution in [-0.2, 0) is 4.79 Å². The van der Waals surface area contributed by atoms with Crippen LogP contribution in [0.5, 0.6) is 11.5 Å². The van der Waals surface area contributed by atoms with Crippen LogP contribution in [0.3, 0.4) is 0 Å². The van der Waals surface area contributed by atoms with E-state index in [9.17, 15) is 28.3 Å². The number of benzene rings is 2. The predicted octanol–water partition coefficient (Wildman–Crippen LogP) is 4.08. The molecule has 40 heavy (non-hydrogen) atoms. The summed E-state index contributed by atoms with van der Waals surface area (Å²) in [7, 11) is 0. The van der Waals surface area contributed by atoms with E-state index in [1.165, 1.54) is 36.1 Å². The van der Waals surface area contributed by atoms with E-state index >= 15 is 0 Å². The number of nitrogens with one attached hydrogen (secondary N) is 2. The van der Waals surface area contributed by atoms with Crippen LogP contribution in [0.15, 0.2) is 47.3 Å². The van der Waals surface area contributed by atoms with Crippen LogP contribution in [0.2, 0.25) is 0 Å². The zero-order chi connectivity index (χ0) is 29.4. The van der Waals surface area contributed by atoms with Gasteiger partial charge in [0.05, 0.1) is 23.4 Å². The van der Waals surface area contributed by atoms with E-state index in [4.69, 9.17) is 4.74 Å². The molecule has 0 aliphatic carbocycles. The number of aromatic amines is 1. The van der Waals surface area contributed by atoms with Crippen LogP contribution in [0.4, 0.5) is 8.78 Å². The Bertz CT molecular complexity index is 1480. The van der Waals surface area contributed by atoms with Gasteiger partial charge >= 0.3 is 5.56 Å². The molecule has 1 aromatic heterocycles. The van der Waals surface area contributed by atoms with Gasteiger partial charge in [-0.15, -0.1) is 0 Å². The van der Waals surface area contributed by atoms with Crippen LogP contribution in [-0.4, -0.2) is 49.7 Å². The third-order valence-electron chi connectivity index (χ3n) is 7.00. The first-order chi connectivity index (χ1) is 18.7. The van der Waals surface area contributed by atoms with Crippen molar-refractivity contribution in [3.63, 3.8) is 0 Å². The number of ether oxygens (including phenoxy) is 1. The van der Waals surface area contributed by atoms with E-state index in [1.54, 1.807) is 39.8 Å². The van der Waals surface area contributed by atoms with Gasteiger partial charge in [-0.25, -0.2) is 13.9 Å². The Hall–Kier alpha value is -4.12. The predicted molar refractivity (Wildman–Crippen MR) is 143 cm³/mol. The lowest BCUT2D eigenvalue weighted by Crippen LogP contribution is -2.54. The number of carbonyl (C=O) groups is 2. The number of hydrogen-bond donors (Lipinski definition) is 3. The topological polar surface area (TPSA) is 125 Å². The number of aromatic nitrogens is 2. The largest absolute Gasteiger partial charge is 0.451 e. The molecule has 0 spiro atoms. The molecule has 3 N–H and O–H groups in total. The van der Waals surface area contributed by atoms with E-state index in [0.717, 1.165) is 6.07 Å². The second kappa shape index (κ2) is 11.2. The third-order valence-corrected chi connectivity index (χ3v) is 7.00. The maximum absolute atomic E-state index is 14.0. The Morgan fingerprint density at radius 1 is 1.10 bits per heavy atom. The molecule has 1 saturated heterocycles. The summed E-state index contributed by atoms with van der Waals surface area (Å²) in [5, 5.41) is 19.6. The third kappa shape index (κ3) is 6.20. The molecule has 1 fully saturated rings. The van der Waals surface area contributed by atoms with Gasteiger partial charge in [0.15, 0.2) is 5.75 Å². The molecule has 2 aromatic carbocycles. The number of carbonyl (C=O) groups excluding carboxylic acids is 2. The molecule has 0 saturated carbocycles. The number of H-pyrrole nitrogens is 1. The van der Waals surface area contributed by atoms with Crippen molar-refractivity contribution in [2.45, 2.75) is 71.2 Å². The quantitative estimate of drug-likeness (QED) is 0.404. The molecular formula is C29H32F2N4O5. The van der Waals surface area contributed by atoms with Gasteiger partial charge in [0, 0.05) is 17.7 Å². The first-order valence-corrected chi connectivity index (χ1v) is 12.9. The number of amides is 2. The Kier molecular flexibility index (Phi) is 8.06. The number of nitrogens with zero attached hydrogens (tertiary/aromatic N) is 2. The summed E-state index contributed by atoms with van der Waals surface area (Å²) in [6.45, 7) is 8.08. The van der Waals surface area contributed by atoms with E-state index in [1.807, 2.05) is 0 Å². The number of halogens is 2. The summed E-state index contributed by atoms with van der Waals surface area (Å²) in [6.07, 6.45) is 0.809. The lowest BCUT2D eigenvalue weighted by molar-refractivity contribution is -0.141. The lowest BCUT2D eigenvalue weighted by Gasteiger charge is -2.38. The second-order valence-corrected chi connectivity index (χ2v) is 10.7. The first kappa shape index (κ1) is 28.9. The van der Waals surface area contributed by atoms with Gasteiger partial charge < -0.3 is 20.1 Å². The fourth-order valence-corrected chi connectivity index (χ4v) is 5.05. The normalized spacial score (nSPS) is 17.9. The van der Waals surface area contributed by atoms with Crippen molar-refractivity contribution >= 4 is 11.8 Å². The average Bonchev–Trinajstić information content (AvgIpc) is 3.32. The van der Waals surface area contributed by atoms with Gasteiger partial charge in [-0.1, -0.05) is 0 Å². The summed E-state index contributed by atoms with van der Waals surface area (Å²) in [5.41, 5.74) is -0.0992. The Balaban J connectivity index is 1.53. The smallest absolute Gasteiger partial charge is 0.307 e. The summed E-state index contributed by atoms with van der Waals surface area (Å²) >= 11 is 0. The number of likely N-dealkylation sites (tertiary alicyclic amines) is 1. The highest BCUT2D eigenvalue weighted by atomic mass is 19.1. The zero-order valence-corrected chi connectivity index (χ0v) is 22.9. The number of rotatable bonds is 7. The van der Waals surface area contributed by atoms with E-state index < -0.39 is 52.7 Å². The van der Waals surface area contributed by atoms with Gasteiger partial charge in [-0.05, 0) is 88.9 Å². The van der Waals surface area contributed by atoms with Crippen molar-refractivity contribution in [2.75, 3.05) is 0 Å². The molecule has 2 amide bonds. The van der Waals surface area contributed by atoms with Crippen LogP contribution >= 0.6 is 0 Å². The van der Waals surface area contributed by atoms with Crippen LogP contribution < -0.4 is 15.6 Å². The molecule has 1 aliphatic rings. The van der Waals surface area contributed by atoms with Crippen molar-refractivity contribution in [3.05, 3.63) is 86.8 Å². The summed E-state index contributed by atoms with van der Waals surface area (Å²) in [5.74, 6) is -2.11. The van der Waals surface area contributed by atoms with Gasteiger partial charge in [-0.2, -0.15) is 5.10 Å². The van der Waals surface area contributed by atoms with Crippen molar-refractivity contribution in [1.29, 1.82) is 0 Å². The number of aryl methyl sites for hydroxylation is 2. The Labute approximate surface area is 230 Å². The summed E-state index contributed by atoms with van der Waals surface area (Å²) in [6, 6.07) is 6.92. The maximum Gasteiger partial charge on any atom is 0.307 e. The fraction of sp³-hybridized carbons (Fsp3) is 0.379. The van der Waals surface area contributed by atoms with E-state index in [2.05, 4.69) is 15.5 Å². The van der Waals surface area contributed by atoms with Gasteiger partial charge in [0.25, 0.3) is 5.91 Å². The molecule has 3 atom stereocenters. The SMILES string of the molecule is Cc1cc(Oc2ccc(C(=O)NC(C)C(=O)N3[C@H](c4cc(F)cc(F)c4)CC[C@@H]3C(C)(C)O)cc2C)c(=O)[nH]n1. The van der Waals surface area contributed by atoms with Gasteiger partial charge in [0.2, 0.25) is 5.91 Å². The molecule has 0 bridgehead atoms. The average molecular weight is 555 g/mol. The molecule has 2 heterocycles. The Morgan fingerprint density at radius 2 is 1.77 bits per heavy atom. The highest BCUT2D eigenvalue weighted by Gasteiger charge is 2.45. The molecule has 4 rings (SSSR count). The monoisotopic (exact) mass is 554 g/mol. The summed E-state index contributed by atoms with van der Waals surface area (Å²) in [4.78, 5) is 40.2. The fourth-order valence-electron chi connectivity index (χ4n) is 5.05.